The number of amides is 3. The van der Waals surface area contributed by atoms with Gasteiger partial charge in [0, 0.05) is 12.2 Å². The van der Waals surface area contributed by atoms with Crippen molar-refractivity contribution in [2.45, 2.75) is 50.0 Å². The van der Waals surface area contributed by atoms with E-state index in [1.165, 1.54) is 30.8 Å². The molecule has 1 rings (SSSR count). The van der Waals surface area contributed by atoms with Crippen LogP contribution in [-0.2, 0) is 25.6 Å². The van der Waals surface area contributed by atoms with Gasteiger partial charge in [0.05, 0.1) is 12.1 Å². The first kappa shape index (κ1) is 29.6. The van der Waals surface area contributed by atoms with Crippen molar-refractivity contribution in [1.82, 2.24) is 16.0 Å². The molecule has 5 atom stereocenters. The predicted molar refractivity (Wildman–Crippen MR) is 132 cm³/mol. The molecule has 0 aromatic heterocycles. The second-order valence-corrected chi connectivity index (χ2v) is 8.98. The Balaban J connectivity index is 3.05. The molecule has 0 bridgehead atoms. The number of carbonyl (C=O) groups excluding carboxylic acids is 3. The molecule has 11 nitrogen and oxygen atoms in total. The zero-order valence-corrected chi connectivity index (χ0v) is 20.6. The number of phenolic OH excluding ortho intramolecular Hbond substituents is 1. The first-order valence-corrected chi connectivity index (χ1v) is 12.5. The lowest BCUT2D eigenvalue weighted by molar-refractivity contribution is -0.143. The number of aliphatic hydroxyl groups is 1. The predicted octanol–water partition coefficient (Wildman–Crippen LogP) is -1.14. The zero-order chi connectivity index (χ0) is 25.8. The van der Waals surface area contributed by atoms with Crippen LogP contribution < -0.4 is 21.7 Å². The number of hydrogen-bond acceptors (Lipinski definition) is 9. The Kier molecular flexibility index (Phi) is 12.8. The number of aliphatic hydroxyl groups excluding tert-OH is 1. The van der Waals surface area contributed by atoms with E-state index in [1.54, 1.807) is 18.4 Å². The monoisotopic (exact) mass is 516 g/mol. The number of phenols is 1. The van der Waals surface area contributed by atoms with Gasteiger partial charge in [0.15, 0.2) is 0 Å². The van der Waals surface area contributed by atoms with Crippen LogP contribution in [0.1, 0.15) is 18.9 Å². The van der Waals surface area contributed by atoms with Crippen LogP contribution in [0.3, 0.4) is 0 Å². The lowest BCUT2D eigenvalue weighted by Gasteiger charge is -2.26. The summed E-state index contributed by atoms with van der Waals surface area (Å²) in [5.74, 6) is -3.01. The maximum atomic E-state index is 13.0. The standard InChI is InChI=1S/C21H32N4O7S2/c1-11(26)17(20(30)23-15(21(31)32)7-8-34-2)25-19(29)16(24-18(28)14(22)10-33)9-12-3-5-13(27)6-4-12/h3-6,11,14-17,26-27,33H,7-10,22H2,1-2H3,(H,23,30)(H,24,28)(H,25,29)(H,31,32). The summed E-state index contributed by atoms with van der Waals surface area (Å²) in [7, 11) is 0. The smallest absolute Gasteiger partial charge is 0.326 e. The molecular formula is C21H32N4O7S2. The highest BCUT2D eigenvalue weighted by Gasteiger charge is 2.32. The number of hydrogen-bond donors (Lipinski definition) is 8. The highest BCUT2D eigenvalue weighted by atomic mass is 32.2. The molecule has 34 heavy (non-hydrogen) atoms. The summed E-state index contributed by atoms with van der Waals surface area (Å²) >= 11 is 5.38. The number of aliphatic carboxylic acids is 1. The SMILES string of the molecule is CSCCC(NC(=O)C(NC(=O)C(Cc1ccc(O)cc1)NC(=O)C(N)CS)C(C)O)C(=O)O. The molecule has 0 fully saturated rings. The molecular weight excluding hydrogens is 484 g/mol. The Morgan fingerprint density at radius 2 is 1.62 bits per heavy atom. The van der Waals surface area contributed by atoms with E-state index in [2.05, 4.69) is 28.6 Å². The Morgan fingerprint density at radius 1 is 1.03 bits per heavy atom. The molecule has 190 valence electrons. The van der Waals surface area contributed by atoms with Crippen LogP contribution in [0, 0.1) is 0 Å². The minimum absolute atomic E-state index is 0.00321. The topological polar surface area (TPSA) is 191 Å². The van der Waals surface area contributed by atoms with Gasteiger partial charge in [-0.2, -0.15) is 24.4 Å². The second kappa shape index (κ2) is 14.7. The van der Waals surface area contributed by atoms with Crippen LogP contribution in [0.25, 0.3) is 0 Å². The number of carboxylic acids is 1. The van der Waals surface area contributed by atoms with Gasteiger partial charge in [0.25, 0.3) is 0 Å². The number of nitrogens with one attached hydrogen (secondary N) is 3. The summed E-state index contributed by atoms with van der Waals surface area (Å²) in [6.07, 6.45) is 0.589. The molecule has 0 heterocycles. The van der Waals surface area contributed by atoms with Crippen LogP contribution in [0.4, 0.5) is 0 Å². The van der Waals surface area contributed by atoms with Crippen molar-refractivity contribution >= 4 is 48.1 Å². The summed E-state index contributed by atoms with van der Waals surface area (Å²) in [6.45, 7) is 1.27. The van der Waals surface area contributed by atoms with E-state index < -0.39 is 54.0 Å². The number of carboxylic acid groups (broad SMARTS) is 1. The van der Waals surface area contributed by atoms with Gasteiger partial charge in [0.2, 0.25) is 17.7 Å². The summed E-state index contributed by atoms with van der Waals surface area (Å²) in [5, 5.41) is 36.1. The number of aromatic hydroxyl groups is 1. The van der Waals surface area contributed by atoms with Crippen LogP contribution in [-0.4, -0.2) is 87.0 Å². The first-order valence-electron chi connectivity index (χ1n) is 10.4. The summed E-state index contributed by atoms with van der Waals surface area (Å²) in [6, 6.07) is 1.12. The fourth-order valence-corrected chi connectivity index (χ4v) is 3.49. The van der Waals surface area contributed by atoms with Crippen molar-refractivity contribution in [1.29, 1.82) is 0 Å². The molecule has 3 amide bonds. The minimum atomic E-state index is -1.47. The molecule has 13 heteroatoms. The first-order chi connectivity index (χ1) is 16.0. The summed E-state index contributed by atoms with van der Waals surface area (Å²) in [4.78, 5) is 49.5. The Bertz CT molecular complexity index is 839. The lowest BCUT2D eigenvalue weighted by atomic mass is 10.0. The van der Waals surface area contributed by atoms with Gasteiger partial charge in [-0.05, 0) is 43.0 Å². The maximum absolute atomic E-state index is 13.0. The van der Waals surface area contributed by atoms with Gasteiger partial charge < -0.3 is 37.0 Å². The highest BCUT2D eigenvalue weighted by Crippen LogP contribution is 2.12. The third-order valence-corrected chi connectivity index (χ3v) is 5.87. The Morgan fingerprint density at radius 3 is 2.12 bits per heavy atom. The molecule has 0 aliphatic rings. The van der Waals surface area contributed by atoms with E-state index in [0.717, 1.165) is 0 Å². The number of thioether (sulfide) groups is 1. The largest absolute Gasteiger partial charge is 0.508 e. The fourth-order valence-electron chi connectivity index (χ4n) is 2.85. The second-order valence-electron chi connectivity index (χ2n) is 7.63. The molecule has 8 N–H and O–H groups in total. The number of rotatable bonds is 14. The number of nitrogens with two attached hydrogens (primary N) is 1. The third-order valence-electron chi connectivity index (χ3n) is 4.83. The lowest BCUT2D eigenvalue weighted by Crippen LogP contribution is -2.60. The van der Waals surface area contributed by atoms with Gasteiger partial charge >= 0.3 is 5.97 Å². The zero-order valence-electron chi connectivity index (χ0n) is 18.9. The summed E-state index contributed by atoms with van der Waals surface area (Å²) in [5.41, 5.74) is 6.28. The Hall–Kier alpha value is -2.48. The Labute approximate surface area is 207 Å². The molecule has 0 saturated carbocycles. The molecule has 0 saturated heterocycles. The van der Waals surface area contributed by atoms with E-state index in [1.807, 2.05) is 0 Å². The van der Waals surface area contributed by atoms with Crippen molar-refractivity contribution in [2.24, 2.45) is 5.73 Å². The van der Waals surface area contributed by atoms with Crippen molar-refractivity contribution in [3.8, 4) is 5.75 Å². The van der Waals surface area contributed by atoms with E-state index >= 15 is 0 Å². The van der Waals surface area contributed by atoms with Crippen molar-refractivity contribution < 1.29 is 34.5 Å². The van der Waals surface area contributed by atoms with E-state index in [0.29, 0.717) is 11.3 Å². The molecule has 1 aromatic carbocycles. The highest BCUT2D eigenvalue weighted by molar-refractivity contribution is 7.98. The third kappa shape index (κ3) is 9.79. The number of benzene rings is 1. The van der Waals surface area contributed by atoms with Gasteiger partial charge in [-0.15, -0.1) is 0 Å². The van der Waals surface area contributed by atoms with E-state index in [-0.39, 0.29) is 24.3 Å². The van der Waals surface area contributed by atoms with Gasteiger partial charge in [0.1, 0.15) is 23.9 Å². The molecule has 1 aromatic rings. The van der Waals surface area contributed by atoms with Crippen LogP contribution in [0.2, 0.25) is 0 Å². The minimum Gasteiger partial charge on any atom is -0.508 e. The van der Waals surface area contributed by atoms with E-state index in [9.17, 15) is 34.5 Å². The molecule has 0 aliphatic carbocycles. The number of carbonyl (C=O) groups is 4. The fraction of sp³-hybridized carbons (Fsp3) is 0.524. The van der Waals surface area contributed by atoms with Crippen molar-refractivity contribution in [3.63, 3.8) is 0 Å². The van der Waals surface area contributed by atoms with E-state index in [4.69, 9.17) is 5.73 Å². The molecule has 0 radical (unpaired) electrons. The average Bonchev–Trinajstić information content (AvgIpc) is 2.79. The van der Waals surface area contributed by atoms with Gasteiger partial charge in [-0.3, -0.25) is 14.4 Å². The van der Waals surface area contributed by atoms with Crippen LogP contribution >= 0.6 is 24.4 Å². The quantitative estimate of drug-likeness (QED) is 0.141. The van der Waals surface area contributed by atoms with Crippen molar-refractivity contribution in [2.75, 3.05) is 17.8 Å². The summed E-state index contributed by atoms with van der Waals surface area (Å²) < 4.78 is 0. The maximum Gasteiger partial charge on any atom is 0.326 e. The number of thiol groups is 1. The van der Waals surface area contributed by atoms with Crippen LogP contribution in [0.15, 0.2) is 24.3 Å². The average molecular weight is 517 g/mol. The van der Waals surface area contributed by atoms with Gasteiger partial charge in [-0.1, -0.05) is 12.1 Å². The molecule has 0 spiro atoms. The molecule has 0 aliphatic heterocycles. The molecule has 5 unspecified atom stereocenters. The van der Waals surface area contributed by atoms with Crippen molar-refractivity contribution in [3.05, 3.63) is 29.8 Å². The van der Waals surface area contributed by atoms with Crippen LogP contribution in [0.5, 0.6) is 5.75 Å². The normalized spacial score (nSPS) is 15.3. The van der Waals surface area contributed by atoms with Gasteiger partial charge in [-0.25, -0.2) is 4.79 Å².